The SMILES string of the molecule is CCn1cnnc1CN1CCCC(N)C1. The highest BCUT2D eigenvalue weighted by atomic mass is 15.3. The molecule has 5 nitrogen and oxygen atoms in total. The number of likely N-dealkylation sites (tertiary alicyclic amines) is 1. The van der Waals surface area contributed by atoms with Crippen LogP contribution in [0.2, 0.25) is 0 Å². The minimum Gasteiger partial charge on any atom is -0.327 e. The number of aromatic nitrogens is 3. The lowest BCUT2D eigenvalue weighted by Gasteiger charge is -2.30. The van der Waals surface area contributed by atoms with Crippen LogP contribution in [-0.4, -0.2) is 38.8 Å². The third kappa shape index (κ3) is 2.54. The molecule has 0 aliphatic carbocycles. The predicted octanol–water partition coefficient (Wildman–Crippen LogP) is 0.221. The first kappa shape index (κ1) is 10.6. The molecule has 1 aromatic rings. The second-order valence-corrected chi connectivity index (χ2v) is 4.17. The average molecular weight is 209 g/mol. The molecule has 0 saturated carbocycles. The van der Waals surface area contributed by atoms with E-state index in [-0.39, 0.29) is 0 Å². The van der Waals surface area contributed by atoms with Crippen molar-refractivity contribution in [2.45, 2.75) is 38.9 Å². The highest BCUT2D eigenvalue weighted by Gasteiger charge is 2.18. The Hall–Kier alpha value is -0.940. The standard InChI is InChI=1S/C10H19N5/c1-2-15-8-12-13-10(15)7-14-5-3-4-9(11)6-14/h8-9H,2-7,11H2,1H3. The van der Waals surface area contributed by atoms with Crippen LogP contribution in [0.25, 0.3) is 0 Å². The number of nitrogens with two attached hydrogens (primary N) is 1. The molecule has 1 fully saturated rings. The summed E-state index contributed by atoms with van der Waals surface area (Å²) >= 11 is 0. The molecule has 0 aromatic carbocycles. The number of nitrogens with zero attached hydrogens (tertiary/aromatic N) is 4. The van der Waals surface area contributed by atoms with Gasteiger partial charge in [-0.15, -0.1) is 10.2 Å². The van der Waals surface area contributed by atoms with Gasteiger partial charge >= 0.3 is 0 Å². The minimum atomic E-state index is 0.330. The molecule has 1 saturated heterocycles. The lowest BCUT2D eigenvalue weighted by molar-refractivity contribution is 0.195. The quantitative estimate of drug-likeness (QED) is 0.773. The van der Waals surface area contributed by atoms with Crippen LogP contribution in [0.5, 0.6) is 0 Å². The largest absolute Gasteiger partial charge is 0.327 e. The van der Waals surface area contributed by atoms with Gasteiger partial charge in [0.15, 0.2) is 0 Å². The minimum absolute atomic E-state index is 0.330. The Morgan fingerprint density at radius 1 is 1.60 bits per heavy atom. The third-order valence-corrected chi connectivity index (χ3v) is 2.94. The Morgan fingerprint density at radius 2 is 2.47 bits per heavy atom. The molecule has 2 N–H and O–H groups in total. The summed E-state index contributed by atoms with van der Waals surface area (Å²) in [5.74, 6) is 1.05. The lowest BCUT2D eigenvalue weighted by Crippen LogP contribution is -2.42. The molecule has 0 bridgehead atoms. The maximum absolute atomic E-state index is 5.94. The van der Waals surface area contributed by atoms with Crippen LogP contribution < -0.4 is 5.73 Å². The smallest absolute Gasteiger partial charge is 0.146 e. The lowest BCUT2D eigenvalue weighted by atomic mass is 10.1. The van der Waals surface area contributed by atoms with E-state index in [4.69, 9.17) is 5.73 Å². The van der Waals surface area contributed by atoms with E-state index in [1.54, 1.807) is 6.33 Å². The van der Waals surface area contributed by atoms with Crippen molar-refractivity contribution in [3.05, 3.63) is 12.2 Å². The monoisotopic (exact) mass is 209 g/mol. The molecule has 1 atom stereocenters. The summed E-state index contributed by atoms with van der Waals surface area (Å²) in [6.45, 7) is 6.03. The van der Waals surface area contributed by atoms with Crippen molar-refractivity contribution < 1.29 is 0 Å². The van der Waals surface area contributed by atoms with E-state index in [0.29, 0.717) is 6.04 Å². The van der Waals surface area contributed by atoms with E-state index in [9.17, 15) is 0 Å². The summed E-state index contributed by atoms with van der Waals surface area (Å²) in [4.78, 5) is 2.37. The van der Waals surface area contributed by atoms with Crippen molar-refractivity contribution in [3.8, 4) is 0 Å². The van der Waals surface area contributed by atoms with Gasteiger partial charge in [-0.1, -0.05) is 0 Å². The van der Waals surface area contributed by atoms with Gasteiger partial charge in [0.05, 0.1) is 6.54 Å². The molecule has 2 heterocycles. The second-order valence-electron chi connectivity index (χ2n) is 4.17. The first-order chi connectivity index (χ1) is 7.29. The zero-order chi connectivity index (χ0) is 10.7. The molecule has 84 valence electrons. The van der Waals surface area contributed by atoms with Crippen LogP contribution in [0.15, 0.2) is 6.33 Å². The molecule has 1 aromatic heterocycles. The molecule has 2 rings (SSSR count). The fraction of sp³-hybridized carbons (Fsp3) is 0.800. The maximum atomic E-state index is 5.94. The maximum Gasteiger partial charge on any atom is 0.146 e. The van der Waals surface area contributed by atoms with E-state index in [0.717, 1.165) is 38.4 Å². The molecule has 15 heavy (non-hydrogen) atoms. The van der Waals surface area contributed by atoms with Gasteiger partial charge in [-0.3, -0.25) is 4.90 Å². The van der Waals surface area contributed by atoms with E-state index >= 15 is 0 Å². The number of hydrogen-bond donors (Lipinski definition) is 1. The van der Waals surface area contributed by atoms with E-state index in [2.05, 4.69) is 26.6 Å². The van der Waals surface area contributed by atoms with Crippen LogP contribution in [-0.2, 0) is 13.1 Å². The van der Waals surface area contributed by atoms with Gasteiger partial charge in [-0.25, -0.2) is 0 Å². The molecular weight excluding hydrogens is 190 g/mol. The zero-order valence-electron chi connectivity index (χ0n) is 9.26. The Labute approximate surface area is 90.3 Å². The predicted molar refractivity (Wildman–Crippen MR) is 58.2 cm³/mol. The molecular formula is C10H19N5. The topological polar surface area (TPSA) is 60.0 Å². The molecule has 0 spiro atoms. The highest BCUT2D eigenvalue weighted by Crippen LogP contribution is 2.11. The third-order valence-electron chi connectivity index (χ3n) is 2.94. The van der Waals surface area contributed by atoms with Crippen molar-refractivity contribution in [2.24, 2.45) is 5.73 Å². The fourth-order valence-corrected chi connectivity index (χ4v) is 2.10. The molecule has 0 amide bonds. The van der Waals surface area contributed by atoms with Gasteiger partial charge in [-0.2, -0.15) is 0 Å². The molecule has 1 aliphatic rings. The van der Waals surface area contributed by atoms with E-state index < -0.39 is 0 Å². The van der Waals surface area contributed by atoms with Crippen molar-refractivity contribution in [1.82, 2.24) is 19.7 Å². The Balaban J connectivity index is 1.96. The van der Waals surface area contributed by atoms with Gasteiger partial charge in [0.25, 0.3) is 0 Å². The average Bonchev–Trinajstić information content (AvgIpc) is 2.65. The summed E-state index contributed by atoms with van der Waals surface area (Å²) in [5, 5.41) is 8.07. The van der Waals surface area contributed by atoms with Crippen molar-refractivity contribution >= 4 is 0 Å². The van der Waals surface area contributed by atoms with Crippen LogP contribution in [0.4, 0.5) is 0 Å². The highest BCUT2D eigenvalue weighted by molar-refractivity contribution is 4.87. The van der Waals surface area contributed by atoms with Crippen LogP contribution >= 0.6 is 0 Å². The number of hydrogen-bond acceptors (Lipinski definition) is 4. The molecule has 1 aliphatic heterocycles. The Morgan fingerprint density at radius 3 is 3.20 bits per heavy atom. The van der Waals surface area contributed by atoms with Crippen LogP contribution in [0.3, 0.4) is 0 Å². The van der Waals surface area contributed by atoms with Gasteiger partial charge in [0, 0.05) is 19.1 Å². The summed E-state index contributed by atoms with van der Waals surface area (Å²) in [7, 11) is 0. The number of piperidine rings is 1. The summed E-state index contributed by atoms with van der Waals surface area (Å²) < 4.78 is 2.08. The molecule has 5 heteroatoms. The van der Waals surface area contributed by atoms with E-state index in [1.165, 1.54) is 6.42 Å². The normalized spacial score (nSPS) is 23.2. The van der Waals surface area contributed by atoms with Crippen molar-refractivity contribution in [3.63, 3.8) is 0 Å². The number of aryl methyl sites for hydroxylation is 1. The van der Waals surface area contributed by atoms with Crippen molar-refractivity contribution in [1.29, 1.82) is 0 Å². The van der Waals surface area contributed by atoms with Gasteiger partial charge in [-0.05, 0) is 26.3 Å². The fourth-order valence-electron chi connectivity index (χ4n) is 2.10. The molecule has 0 radical (unpaired) electrons. The Kier molecular flexibility index (Phi) is 3.33. The summed E-state index contributed by atoms with van der Waals surface area (Å²) in [5.41, 5.74) is 5.94. The summed E-state index contributed by atoms with van der Waals surface area (Å²) in [6, 6.07) is 0.330. The van der Waals surface area contributed by atoms with E-state index in [1.807, 2.05) is 0 Å². The van der Waals surface area contributed by atoms with Gasteiger partial charge in [0.2, 0.25) is 0 Å². The molecule has 1 unspecified atom stereocenters. The summed E-state index contributed by atoms with van der Waals surface area (Å²) in [6.07, 6.45) is 4.14. The number of rotatable bonds is 3. The first-order valence-electron chi connectivity index (χ1n) is 5.64. The van der Waals surface area contributed by atoms with Gasteiger partial charge < -0.3 is 10.3 Å². The Bertz CT molecular complexity index is 309. The van der Waals surface area contributed by atoms with Gasteiger partial charge in [0.1, 0.15) is 12.2 Å². The van der Waals surface area contributed by atoms with Crippen LogP contribution in [0, 0.1) is 0 Å². The van der Waals surface area contributed by atoms with Crippen molar-refractivity contribution in [2.75, 3.05) is 13.1 Å². The zero-order valence-corrected chi connectivity index (χ0v) is 9.26. The first-order valence-corrected chi connectivity index (χ1v) is 5.64. The second kappa shape index (κ2) is 4.72. The van der Waals surface area contributed by atoms with Crippen LogP contribution in [0.1, 0.15) is 25.6 Å².